The summed E-state index contributed by atoms with van der Waals surface area (Å²) in [7, 11) is 0. The molecule has 1 aromatic heterocycles. The Morgan fingerprint density at radius 1 is 1.30 bits per heavy atom. The molecule has 5 nitrogen and oxygen atoms in total. The van der Waals surface area contributed by atoms with Crippen LogP contribution in [-0.4, -0.2) is 24.0 Å². The number of H-pyrrole nitrogens is 1. The van der Waals surface area contributed by atoms with Crippen molar-refractivity contribution in [3.05, 3.63) is 57.2 Å². The Kier molecular flexibility index (Phi) is 3.20. The van der Waals surface area contributed by atoms with E-state index in [9.17, 15) is 9.59 Å². The van der Waals surface area contributed by atoms with Gasteiger partial charge in [0, 0.05) is 5.56 Å². The van der Waals surface area contributed by atoms with Gasteiger partial charge in [-0.25, -0.2) is 0 Å². The summed E-state index contributed by atoms with van der Waals surface area (Å²) in [5.74, 6) is 0.656. The van der Waals surface area contributed by atoms with Gasteiger partial charge in [0.1, 0.15) is 12.4 Å². The zero-order chi connectivity index (χ0) is 16.0. The lowest BCUT2D eigenvalue weighted by Gasteiger charge is -2.31. The van der Waals surface area contributed by atoms with E-state index >= 15 is 0 Å². The third-order valence-corrected chi connectivity index (χ3v) is 4.80. The molecule has 3 aromatic rings. The van der Waals surface area contributed by atoms with Crippen molar-refractivity contribution in [2.45, 2.75) is 6.92 Å². The highest BCUT2D eigenvalue weighted by molar-refractivity contribution is 7.16. The van der Waals surface area contributed by atoms with E-state index in [1.165, 1.54) is 0 Å². The summed E-state index contributed by atoms with van der Waals surface area (Å²) in [4.78, 5) is 28.8. The van der Waals surface area contributed by atoms with Crippen LogP contribution in [0.15, 0.2) is 41.2 Å². The van der Waals surface area contributed by atoms with E-state index in [0.29, 0.717) is 18.7 Å². The predicted molar refractivity (Wildman–Crippen MR) is 90.8 cm³/mol. The fourth-order valence-electron chi connectivity index (χ4n) is 2.89. The molecule has 0 bridgehead atoms. The van der Waals surface area contributed by atoms with Gasteiger partial charge in [-0.2, -0.15) is 0 Å². The molecule has 0 fully saturated rings. The summed E-state index contributed by atoms with van der Waals surface area (Å²) in [5, 5.41) is 0. The van der Waals surface area contributed by atoms with E-state index in [0.717, 1.165) is 38.6 Å². The van der Waals surface area contributed by atoms with Crippen molar-refractivity contribution in [1.29, 1.82) is 0 Å². The third kappa shape index (κ3) is 2.31. The molecule has 116 valence electrons. The largest absolute Gasteiger partial charge is 0.490 e. The first-order chi connectivity index (χ1) is 11.1. The summed E-state index contributed by atoms with van der Waals surface area (Å²) in [6, 6.07) is 11.1. The molecule has 1 aliphatic heterocycles. The molecule has 1 aliphatic rings. The number of nitrogens with one attached hydrogen (secondary N) is 1. The maximum absolute atomic E-state index is 13.0. The van der Waals surface area contributed by atoms with Gasteiger partial charge in [-0.15, -0.1) is 0 Å². The zero-order valence-electron chi connectivity index (χ0n) is 12.5. The summed E-state index contributed by atoms with van der Waals surface area (Å²) in [6.45, 7) is 2.95. The minimum Gasteiger partial charge on any atom is -0.490 e. The van der Waals surface area contributed by atoms with E-state index in [1.54, 1.807) is 23.1 Å². The van der Waals surface area contributed by atoms with Crippen LogP contribution in [0.3, 0.4) is 0 Å². The molecule has 1 amide bonds. The van der Waals surface area contributed by atoms with Crippen molar-refractivity contribution in [3.8, 4) is 5.75 Å². The van der Waals surface area contributed by atoms with Gasteiger partial charge in [-0.1, -0.05) is 23.5 Å². The second-order valence-electron chi connectivity index (χ2n) is 5.45. The number of thiazole rings is 1. The first kappa shape index (κ1) is 14.0. The monoisotopic (exact) mass is 326 g/mol. The first-order valence-corrected chi connectivity index (χ1v) is 8.12. The number of amides is 1. The van der Waals surface area contributed by atoms with Gasteiger partial charge in [-0.05, 0) is 36.8 Å². The number of anilines is 1. The number of benzene rings is 2. The van der Waals surface area contributed by atoms with Crippen molar-refractivity contribution in [3.63, 3.8) is 0 Å². The zero-order valence-corrected chi connectivity index (χ0v) is 13.3. The SMILES string of the molecule is Cc1cccc2c1N(C(=O)c1ccc3[nH]c(=O)sc3c1)CCO2. The molecule has 0 aliphatic carbocycles. The minimum atomic E-state index is -0.114. The van der Waals surface area contributed by atoms with E-state index < -0.39 is 0 Å². The van der Waals surface area contributed by atoms with Crippen LogP contribution in [-0.2, 0) is 0 Å². The molecule has 0 atom stereocenters. The Morgan fingerprint density at radius 3 is 3.04 bits per heavy atom. The molecule has 0 spiro atoms. The third-order valence-electron chi connectivity index (χ3n) is 3.96. The number of nitrogens with zero attached hydrogens (tertiary/aromatic N) is 1. The molecule has 23 heavy (non-hydrogen) atoms. The molecule has 2 heterocycles. The Labute approximate surface area is 136 Å². The quantitative estimate of drug-likeness (QED) is 0.748. The van der Waals surface area contributed by atoms with Crippen molar-refractivity contribution in [2.24, 2.45) is 0 Å². The fourth-order valence-corrected chi connectivity index (χ4v) is 3.67. The Balaban J connectivity index is 1.78. The summed E-state index contributed by atoms with van der Waals surface area (Å²) in [6.07, 6.45) is 0. The maximum Gasteiger partial charge on any atom is 0.305 e. The van der Waals surface area contributed by atoms with Crippen LogP contribution in [0.2, 0.25) is 0 Å². The van der Waals surface area contributed by atoms with Crippen molar-refractivity contribution in [1.82, 2.24) is 4.98 Å². The second-order valence-corrected chi connectivity index (χ2v) is 6.47. The molecular weight excluding hydrogens is 312 g/mol. The number of rotatable bonds is 1. The van der Waals surface area contributed by atoms with Crippen LogP contribution in [0.1, 0.15) is 15.9 Å². The van der Waals surface area contributed by atoms with E-state index in [2.05, 4.69) is 4.98 Å². The molecule has 4 rings (SSSR count). The number of aryl methyl sites for hydroxylation is 1. The topological polar surface area (TPSA) is 62.4 Å². The van der Waals surface area contributed by atoms with Crippen LogP contribution in [0.4, 0.5) is 5.69 Å². The normalized spacial score (nSPS) is 13.7. The lowest BCUT2D eigenvalue weighted by Crippen LogP contribution is -2.38. The van der Waals surface area contributed by atoms with E-state index in [1.807, 2.05) is 25.1 Å². The Bertz CT molecular complexity index is 973. The van der Waals surface area contributed by atoms with Crippen molar-refractivity contribution >= 4 is 33.1 Å². The molecule has 6 heteroatoms. The average molecular weight is 326 g/mol. The van der Waals surface area contributed by atoms with Gasteiger partial charge in [-0.3, -0.25) is 9.59 Å². The van der Waals surface area contributed by atoms with Crippen LogP contribution < -0.4 is 14.5 Å². The number of ether oxygens (including phenoxy) is 1. The smallest absolute Gasteiger partial charge is 0.305 e. The van der Waals surface area contributed by atoms with E-state index in [-0.39, 0.29) is 10.8 Å². The Morgan fingerprint density at radius 2 is 2.17 bits per heavy atom. The second kappa shape index (κ2) is 5.24. The van der Waals surface area contributed by atoms with Gasteiger partial charge in [0.25, 0.3) is 5.91 Å². The summed E-state index contributed by atoms with van der Waals surface area (Å²) in [5.41, 5.74) is 3.16. The number of hydrogen-bond acceptors (Lipinski definition) is 4. The number of carbonyl (C=O) groups is 1. The molecule has 0 saturated heterocycles. The van der Waals surface area contributed by atoms with E-state index in [4.69, 9.17) is 4.74 Å². The molecular formula is C17H14N2O3S. The summed E-state index contributed by atoms with van der Waals surface area (Å²) >= 11 is 1.11. The lowest BCUT2D eigenvalue weighted by atomic mass is 10.1. The average Bonchev–Trinajstić information content (AvgIpc) is 2.93. The number of aromatic nitrogens is 1. The maximum atomic E-state index is 13.0. The first-order valence-electron chi connectivity index (χ1n) is 7.30. The van der Waals surface area contributed by atoms with Gasteiger partial charge in [0.15, 0.2) is 0 Å². The molecule has 1 N–H and O–H groups in total. The van der Waals surface area contributed by atoms with Crippen molar-refractivity contribution in [2.75, 3.05) is 18.1 Å². The van der Waals surface area contributed by atoms with Gasteiger partial charge in [0.05, 0.1) is 22.4 Å². The number of aromatic amines is 1. The van der Waals surface area contributed by atoms with Crippen molar-refractivity contribution < 1.29 is 9.53 Å². The van der Waals surface area contributed by atoms with Crippen LogP contribution in [0.25, 0.3) is 10.2 Å². The van der Waals surface area contributed by atoms with Crippen LogP contribution >= 0.6 is 11.3 Å². The summed E-state index contributed by atoms with van der Waals surface area (Å²) < 4.78 is 6.45. The van der Waals surface area contributed by atoms with Gasteiger partial charge >= 0.3 is 4.87 Å². The number of fused-ring (bicyclic) bond motifs is 2. The molecule has 2 aromatic carbocycles. The predicted octanol–water partition coefficient (Wildman–Crippen LogP) is 2.94. The Hall–Kier alpha value is -2.60. The highest BCUT2D eigenvalue weighted by Crippen LogP contribution is 2.35. The highest BCUT2D eigenvalue weighted by atomic mass is 32.1. The van der Waals surface area contributed by atoms with Crippen LogP contribution in [0.5, 0.6) is 5.75 Å². The molecule has 0 radical (unpaired) electrons. The number of hydrogen-bond donors (Lipinski definition) is 1. The van der Waals surface area contributed by atoms with Gasteiger partial charge in [0.2, 0.25) is 0 Å². The number of carbonyl (C=O) groups excluding carboxylic acids is 1. The highest BCUT2D eigenvalue weighted by Gasteiger charge is 2.26. The standard InChI is InChI=1S/C17H14N2O3S/c1-10-3-2-4-13-15(10)19(7-8-22-13)16(20)11-5-6-12-14(9-11)23-17(21)18-12/h2-6,9H,7-8H2,1H3,(H,18,21). The molecule has 0 unspecified atom stereocenters. The fraction of sp³-hybridized carbons (Fsp3) is 0.176. The van der Waals surface area contributed by atoms with Gasteiger partial charge < -0.3 is 14.6 Å². The van der Waals surface area contributed by atoms with Crippen LogP contribution in [0, 0.1) is 6.92 Å². The lowest BCUT2D eigenvalue weighted by molar-refractivity contribution is 0.0976. The minimum absolute atomic E-state index is 0.0772. The molecule has 0 saturated carbocycles. The number of para-hydroxylation sites is 1.